The Morgan fingerprint density at radius 1 is 1.05 bits per heavy atom. The van der Waals surface area contributed by atoms with Gasteiger partial charge in [-0.3, -0.25) is 18.8 Å². The number of aryl methyl sites for hydroxylation is 1. The third kappa shape index (κ3) is 4.43. The predicted octanol–water partition coefficient (Wildman–Crippen LogP) is 3.77. The first-order valence-corrected chi connectivity index (χ1v) is 14.2. The molecule has 2 saturated heterocycles. The smallest absolute Gasteiger partial charge is 0.271 e. The maximum atomic E-state index is 14.1. The molecule has 3 aliphatic heterocycles. The fourth-order valence-corrected chi connectivity index (χ4v) is 6.92. The number of ether oxygens (including phenoxy) is 1. The Hall–Kier alpha value is -3.20. The van der Waals surface area contributed by atoms with Crippen LogP contribution in [0.25, 0.3) is 4.96 Å². The van der Waals surface area contributed by atoms with Crippen molar-refractivity contribution in [3.8, 4) is 5.75 Å². The zero-order valence-corrected chi connectivity index (χ0v) is 21.8. The molecule has 0 N–H and O–H groups in total. The van der Waals surface area contributed by atoms with Gasteiger partial charge in [0.2, 0.25) is 5.91 Å². The average molecular weight is 521 g/mol. The van der Waals surface area contributed by atoms with Crippen LogP contribution in [0, 0.1) is 5.41 Å². The Morgan fingerprint density at radius 2 is 1.89 bits per heavy atom. The lowest BCUT2D eigenvalue weighted by Crippen LogP contribution is -2.53. The Bertz CT molecular complexity index is 1370. The average Bonchev–Trinajstić information content (AvgIpc) is 3.60. The summed E-state index contributed by atoms with van der Waals surface area (Å²) in [5.41, 5.74) is 0.518. The fourth-order valence-electron chi connectivity index (χ4n) is 6.25. The molecule has 9 heteroatoms. The lowest BCUT2D eigenvalue weighted by atomic mass is 9.72. The van der Waals surface area contributed by atoms with Crippen LogP contribution in [-0.4, -0.2) is 63.3 Å². The summed E-state index contributed by atoms with van der Waals surface area (Å²) in [7, 11) is 0. The minimum atomic E-state index is -0.470. The van der Waals surface area contributed by atoms with Gasteiger partial charge in [0, 0.05) is 37.4 Å². The molecule has 1 atom stereocenters. The summed E-state index contributed by atoms with van der Waals surface area (Å²) in [5, 5.41) is 1.78. The summed E-state index contributed by atoms with van der Waals surface area (Å²) in [6.45, 7) is 2.22. The van der Waals surface area contributed by atoms with E-state index in [9.17, 15) is 14.4 Å². The number of thiazole rings is 1. The highest BCUT2D eigenvalue weighted by Gasteiger charge is 2.46. The van der Waals surface area contributed by atoms with Crippen LogP contribution in [0.15, 0.2) is 46.8 Å². The second-order valence-electron chi connectivity index (χ2n) is 10.5. The van der Waals surface area contributed by atoms with Gasteiger partial charge in [0.25, 0.3) is 11.5 Å². The molecule has 6 rings (SSSR count). The van der Waals surface area contributed by atoms with E-state index in [1.807, 2.05) is 12.1 Å². The van der Waals surface area contributed by atoms with Crippen LogP contribution in [0.5, 0.6) is 5.75 Å². The molecule has 2 fully saturated rings. The first-order valence-electron chi connectivity index (χ1n) is 13.3. The fraction of sp³-hybridized carbons (Fsp3) is 0.500. The molecule has 0 saturated carbocycles. The predicted molar refractivity (Wildman–Crippen MR) is 141 cm³/mol. The molecule has 0 radical (unpaired) electrons. The largest absolute Gasteiger partial charge is 0.491 e. The third-order valence-electron chi connectivity index (χ3n) is 8.43. The number of amides is 2. The van der Waals surface area contributed by atoms with Gasteiger partial charge < -0.3 is 14.5 Å². The van der Waals surface area contributed by atoms with Gasteiger partial charge in [-0.1, -0.05) is 24.6 Å². The van der Waals surface area contributed by atoms with Crippen LogP contribution < -0.4 is 10.3 Å². The Morgan fingerprint density at radius 3 is 2.76 bits per heavy atom. The number of rotatable bonds is 1. The Kier molecular flexibility index (Phi) is 6.48. The van der Waals surface area contributed by atoms with Crippen molar-refractivity contribution in [2.45, 2.75) is 57.4 Å². The number of likely N-dealkylation sites (tertiary alicyclic amines) is 1. The van der Waals surface area contributed by atoms with Crippen LogP contribution >= 0.6 is 11.3 Å². The number of piperidine rings is 1. The topological polar surface area (TPSA) is 84.2 Å². The quantitative estimate of drug-likeness (QED) is 0.488. The highest BCUT2D eigenvalue weighted by Crippen LogP contribution is 2.41. The zero-order chi connectivity index (χ0) is 25.4. The number of hydrogen-bond donors (Lipinski definition) is 0. The first-order chi connectivity index (χ1) is 18.1. The molecular weight excluding hydrogens is 488 g/mol. The van der Waals surface area contributed by atoms with Gasteiger partial charge in [-0.15, -0.1) is 11.3 Å². The van der Waals surface area contributed by atoms with E-state index in [-0.39, 0.29) is 29.0 Å². The normalized spacial score (nSPS) is 22.2. The maximum absolute atomic E-state index is 14.1. The summed E-state index contributed by atoms with van der Waals surface area (Å²) in [4.78, 5) is 48.9. The van der Waals surface area contributed by atoms with Crippen molar-refractivity contribution in [3.05, 3.63) is 63.5 Å². The van der Waals surface area contributed by atoms with Gasteiger partial charge in [-0.05, 0) is 56.6 Å². The van der Waals surface area contributed by atoms with Crippen molar-refractivity contribution >= 4 is 28.1 Å². The van der Waals surface area contributed by atoms with Crippen LogP contribution in [0.3, 0.4) is 0 Å². The Balaban J connectivity index is 1.22. The molecule has 0 aliphatic carbocycles. The number of carbonyl (C=O) groups is 2. The van der Waals surface area contributed by atoms with Crippen LogP contribution in [0.2, 0.25) is 0 Å². The molecular formula is C28H32N4O4S. The van der Waals surface area contributed by atoms with E-state index < -0.39 is 5.41 Å². The van der Waals surface area contributed by atoms with Crippen LogP contribution in [0.1, 0.15) is 60.9 Å². The molecule has 0 unspecified atom stereocenters. The second kappa shape index (κ2) is 9.93. The molecule has 2 amide bonds. The molecule has 0 bridgehead atoms. The molecule has 3 aliphatic rings. The van der Waals surface area contributed by atoms with E-state index in [1.54, 1.807) is 16.5 Å². The van der Waals surface area contributed by atoms with Gasteiger partial charge in [0.1, 0.15) is 17.9 Å². The van der Waals surface area contributed by atoms with Crippen molar-refractivity contribution in [3.63, 3.8) is 0 Å². The molecule has 194 valence electrons. The SMILES string of the molecule is O=C(c1cnc2sccn2c1=O)N1CCC2(CCCCc3ccccc3OC[C@@H]3CCCN3C2=O)CC1. The second-order valence-corrected chi connectivity index (χ2v) is 11.4. The summed E-state index contributed by atoms with van der Waals surface area (Å²) < 4.78 is 7.67. The van der Waals surface area contributed by atoms with Gasteiger partial charge in [0.15, 0.2) is 4.96 Å². The monoisotopic (exact) mass is 520 g/mol. The van der Waals surface area contributed by atoms with Crippen LogP contribution in [-0.2, 0) is 11.2 Å². The summed E-state index contributed by atoms with van der Waals surface area (Å²) in [6.07, 6.45) is 9.93. The van der Waals surface area contributed by atoms with E-state index >= 15 is 0 Å². The standard InChI is InChI=1S/C28H32N4O4S/c33-24(22-18-29-27-32(25(22)34)16-17-37-27)30-14-11-28(12-15-30)10-4-3-7-20-6-1-2-9-23(20)36-19-21-8-5-13-31(21)26(28)35/h1-2,6,9,16-18,21H,3-5,7-8,10-15,19H2/t21-/m0/s1. The van der Waals surface area contributed by atoms with Gasteiger partial charge in [-0.2, -0.15) is 0 Å². The Labute approximate surface area is 219 Å². The van der Waals surface area contributed by atoms with Crippen molar-refractivity contribution < 1.29 is 14.3 Å². The number of hydrogen-bond acceptors (Lipinski definition) is 6. The van der Waals surface area contributed by atoms with E-state index in [4.69, 9.17) is 4.74 Å². The van der Waals surface area contributed by atoms with Gasteiger partial charge in [-0.25, -0.2) is 4.98 Å². The molecule has 3 aromatic rings. The number of carbonyl (C=O) groups excluding carboxylic acids is 2. The molecule has 5 heterocycles. The number of aromatic nitrogens is 2. The molecule has 1 spiro atoms. The van der Waals surface area contributed by atoms with Crippen molar-refractivity contribution in [1.29, 1.82) is 0 Å². The van der Waals surface area contributed by atoms with E-state index in [0.29, 0.717) is 37.5 Å². The highest BCUT2D eigenvalue weighted by atomic mass is 32.1. The third-order valence-corrected chi connectivity index (χ3v) is 9.20. The van der Waals surface area contributed by atoms with Crippen LogP contribution in [0.4, 0.5) is 0 Å². The molecule has 1 aromatic carbocycles. The number of benzene rings is 1. The number of para-hydroxylation sites is 1. The van der Waals surface area contributed by atoms with E-state index in [2.05, 4.69) is 22.0 Å². The molecule has 2 aromatic heterocycles. The molecule has 8 nitrogen and oxygen atoms in total. The van der Waals surface area contributed by atoms with Crippen molar-refractivity contribution in [2.75, 3.05) is 26.2 Å². The lowest BCUT2D eigenvalue weighted by molar-refractivity contribution is -0.147. The number of nitrogens with zero attached hydrogens (tertiary/aromatic N) is 4. The van der Waals surface area contributed by atoms with E-state index in [1.165, 1.54) is 27.5 Å². The lowest BCUT2D eigenvalue weighted by Gasteiger charge is -2.44. The van der Waals surface area contributed by atoms with Crippen molar-refractivity contribution in [1.82, 2.24) is 19.2 Å². The minimum absolute atomic E-state index is 0.0833. The first kappa shape index (κ1) is 24.2. The maximum Gasteiger partial charge on any atom is 0.271 e. The number of fused-ring (bicyclic) bond motifs is 3. The highest BCUT2D eigenvalue weighted by molar-refractivity contribution is 7.15. The summed E-state index contributed by atoms with van der Waals surface area (Å²) in [6, 6.07) is 8.33. The molecule has 37 heavy (non-hydrogen) atoms. The van der Waals surface area contributed by atoms with Crippen molar-refractivity contribution in [2.24, 2.45) is 5.41 Å². The zero-order valence-electron chi connectivity index (χ0n) is 20.9. The van der Waals surface area contributed by atoms with Gasteiger partial charge >= 0.3 is 0 Å². The summed E-state index contributed by atoms with van der Waals surface area (Å²) >= 11 is 1.36. The van der Waals surface area contributed by atoms with E-state index in [0.717, 1.165) is 50.8 Å². The summed E-state index contributed by atoms with van der Waals surface area (Å²) in [5.74, 6) is 0.869. The minimum Gasteiger partial charge on any atom is -0.491 e. The van der Waals surface area contributed by atoms with Gasteiger partial charge in [0.05, 0.1) is 11.5 Å².